The topological polar surface area (TPSA) is 67.2 Å². The number of aromatic carboxylic acids is 1. The first-order valence-electron chi connectivity index (χ1n) is 4.60. The van der Waals surface area contributed by atoms with Crippen LogP contribution < -0.4 is 5.32 Å². The molecule has 1 atom stereocenters. The van der Waals surface area contributed by atoms with Gasteiger partial charge in [0.1, 0.15) is 6.67 Å². The number of aryl methyl sites for hydroxylation is 1. The fourth-order valence-corrected chi connectivity index (χ4v) is 1.11. The average Bonchev–Trinajstić information content (AvgIpc) is 2.56. The van der Waals surface area contributed by atoms with Crippen LogP contribution >= 0.6 is 0 Å². The molecule has 2 N–H and O–H groups in total. The van der Waals surface area contributed by atoms with Crippen LogP contribution in [-0.4, -0.2) is 33.6 Å². The second kappa shape index (κ2) is 4.88. The summed E-state index contributed by atoms with van der Waals surface area (Å²) in [7, 11) is 1.66. The summed E-state index contributed by atoms with van der Waals surface area (Å²) < 4.78 is 13.6. The summed E-state index contributed by atoms with van der Waals surface area (Å²) in [6, 6.07) is 1.23. The van der Waals surface area contributed by atoms with E-state index in [1.54, 1.807) is 14.0 Å². The molecule has 6 heteroatoms. The van der Waals surface area contributed by atoms with Crippen molar-refractivity contribution in [2.24, 2.45) is 7.05 Å². The Bertz CT molecular complexity index is 351. The van der Waals surface area contributed by atoms with E-state index in [4.69, 9.17) is 5.11 Å². The summed E-state index contributed by atoms with van der Waals surface area (Å²) in [4.78, 5) is 10.6. The monoisotopic (exact) mass is 215 g/mol. The molecule has 5 nitrogen and oxygen atoms in total. The van der Waals surface area contributed by atoms with E-state index in [0.717, 1.165) is 0 Å². The van der Waals surface area contributed by atoms with Gasteiger partial charge in [0.05, 0.1) is 5.69 Å². The third kappa shape index (κ3) is 3.02. The molecule has 0 aliphatic heterocycles. The van der Waals surface area contributed by atoms with Gasteiger partial charge in [0.2, 0.25) is 0 Å². The Labute approximate surface area is 86.9 Å². The van der Waals surface area contributed by atoms with Gasteiger partial charge < -0.3 is 10.4 Å². The molecule has 1 unspecified atom stereocenters. The summed E-state index contributed by atoms with van der Waals surface area (Å²) in [5.74, 6) is -1.06. The van der Waals surface area contributed by atoms with Crippen molar-refractivity contribution in [3.8, 4) is 0 Å². The Kier molecular flexibility index (Phi) is 3.79. The van der Waals surface area contributed by atoms with Crippen LogP contribution in [0.2, 0.25) is 0 Å². The molecule has 0 fully saturated rings. The number of rotatable bonds is 5. The Morgan fingerprint density at radius 3 is 2.93 bits per heavy atom. The number of halogens is 1. The molecule has 1 aromatic heterocycles. The first kappa shape index (κ1) is 11.6. The van der Waals surface area contributed by atoms with Crippen LogP contribution in [0.25, 0.3) is 0 Å². The Morgan fingerprint density at radius 2 is 2.47 bits per heavy atom. The molecule has 0 saturated heterocycles. The van der Waals surface area contributed by atoms with E-state index in [1.807, 2.05) is 0 Å². The summed E-state index contributed by atoms with van der Waals surface area (Å²) in [5.41, 5.74) is 0.718. The van der Waals surface area contributed by atoms with Crippen LogP contribution in [0.4, 0.5) is 4.39 Å². The second-order valence-electron chi connectivity index (χ2n) is 3.39. The van der Waals surface area contributed by atoms with Gasteiger partial charge in [-0.2, -0.15) is 5.10 Å². The normalized spacial score (nSPS) is 12.7. The van der Waals surface area contributed by atoms with Gasteiger partial charge in [0, 0.05) is 19.6 Å². The predicted octanol–water partition coefficient (Wildman–Crippen LogP) is 0.566. The van der Waals surface area contributed by atoms with Crippen LogP contribution in [0.3, 0.4) is 0 Å². The molecule has 0 aliphatic carbocycles. The Balaban J connectivity index is 2.65. The maximum atomic E-state index is 12.1. The van der Waals surface area contributed by atoms with Gasteiger partial charge in [-0.25, -0.2) is 9.18 Å². The molecule has 0 spiro atoms. The van der Waals surface area contributed by atoms with Crippen LogP contribution in [0.1, 0.15) is 23.1 Å². The van der Waals surface area contributed by atoms with Gasteiger partial charge in [0.15, 0.2) is 5.69 Å². The number of aromatic nitrogens is 2. The van der Waals surface area contributed by atoms with Crippen LogP contribution in [0, 0.1) is 0 Å². The van der Waals surface area contributed by atoms with Crippen molar-refractivity contribution >= 4 is 5.97 Å². The summed E-state index contributed by atoms with van der Waals surface area (Å²) in [5, 5.41) is 15.4. The molecule has 0 amide bonds. The number of carboxylic acids is 1. The minimum Gasteiger partial charge on any atom is -0.476 e. The zero-order valence-corrected chi connectivity index (χ0v) is 8.70. The fourth-order valence-electron chi connectivity index (χ4n) is 1.11. The highest BCUT2D eigenvalue weighted by Gasteiger charge is 2.11. The SMILES string of the molecule is CC(CF)NCc1cc(C(=O)O)nn1C. The molecule has 0 aliphatic rings. The van der Waals surface area contributed by atoms with E-state index in [1.165, 1.54) is 10.7 Å². The Hall–Kier alpha value is -1.43. The Morgan fingerprint density at radius 1 is 1.80 bits per heavy atom. The highest BCUT2D eigenvalue weighted by Crippen LogP contribution is 2.03. The zero-order chi connectivity index (χ0) is 11.4. The fraction of sp³-hybridized carbons (Fsp3) is 0.556. The number of hydrogen-bond acceptors (Lipinski definition) is 3. The van der Waals surface area contributed by atoms with Crippen molar-refractivity contribution in [1.82, 2.24) is 15.1 Å². The van der Waals surface area contributed by atoms with E-state index in [9.17, 15) is 9.18 Å². The molecule has 15 heavy (non-hydrogen) atoms. The number of carboxylic acid groups (broad SMARTS) is 1. The number of nitrogens with zero attached hydrogens (tertiary/aromatic N) is 2. The van der Waals surface area contributed by atoms with Crippen LogP contribution in [0.15, 0.2) is 6.07 Å². The third-order valence-corrected chi connectivity index (χ3v) is 2.06. The predicted molar refractivity (Wildman–Crippen MR) is 52.4 cm³/mol. The average molecular weight is 215 g/mol. The first-order valence-corrected chi connectivity index (χ1v) is 4.60. The van der Waals surface area contributed by atoms with Crippen molar-refractivity contribution in [3.63, 3.8) is 0 Å². The van der Waals surface area contributed by atoms with Gasteiger partial charge in [-0.3, -0.25) is 4.68 Å². The van der Waals surface area contributed by atoms with E-state index < -0.39 is 12.6 Å². The molecule has 0 bridgehead atoms. The van der Waals surface area contributed by atoms with Crippen LogP contribution in [-0.2, 0) is 13.6 Å². The van der Waals surface area contributed by atoms with Crippen molar-refractivity contribution in [3.05, 3.63) is 17.5 Å². The largest absolute Gasteiger partial charge is 0.476 e. The lowest BCUT2D eigenvalue weighted by Crippen LogP contribution is -2.28. The van der Waals surface area contributed by atoms with Crippen molar-refractivity contribution in [2.75, 3.05) is 6.67 Å². The molecular weight excluding hydrogens is 201 g/mol. The minimum absolute atomic E-state index is 0.00204. The quantitative estimate of drug-likeness (QED) is 0.753. The lowest BCUT2D eigenvalue weighted by molar-refractivity contribution is 0.0689. The maximum Gasteiger partial charge on any atom is 0.356 e. The third-order valence-electron chi connectivity index (χ3n) is 2.06. The number of carbonyl (C=O) groups is 1. The van der Waals surface area contributed by atoms with E-state index in [-0.39, 0.29) is 11.7 Å². The van der Waals surface area contributed by atoms with E-state index >= 15 is 0 Å². The summed E-state index contributed by atoms with van der Waals surface area (Å²) in [6.45, 7) is 1.67. The molecule has 1 aromatic rings. The lowest BCUT2D eigenvalue weighted by atomic mass is 10.3. The maximum absolute atomic E-state index is 12.1. The van der Waals surface area contributed by atoms with Gasteiger partial charge in [-0.1, -0.05) is 0 Å². The second-order valence-corrected chi connectivity index (χ2v) is 3.39. The summed E-state index contributed by atoms with van der Waals surface area (Å²) in [6.07, 6.45) is 0. The standard InChI is InChI=1S/C9H14FN3O2/c1-6(4-10)11-5-7-3-8(9(14)15)12-13(7)2/h3,6,11H,4-5H2,1-2H3,(H,14,15). The zero-order valence-electron chi connectivity index (χ0n) is 8.70. The molecular formula is C9H14FN3O2. The number of hydrogen-bond donors (Lipinski definition) is 2. The van der Waals surface area contributed by atoms with Crippen molar-refractivity contribution in [1.29, 1.82) is 0 Å². The molecule has 1 heterocycles. The highest BCUT2D eigenvalue weighted by atomic mass is 19.1. The first-order chi connectivity index (χ1) is 7.04. The van der Waals surface area contributed by atoms with Crippen molar-refractivity contribution < 1.29 is 14.3 Å². The van der Waals surface area contributed by atoms with Gasteiger partial charge in [0.25, 0.3) is 0 Å². The number of alkyl halides is 1. The molecule has 0 saturated carbocycles. The lowest BCUT2D eigenvalue weighted by Gasteiger charge is -2.08. The van der Waals surface area contributed by atoms with Gasteiger partial charge >= 0.3 is 5.97 Å². The number of nitrogens with one attached hydrogen (secondary N) is 1. The van der Waals surface area contributed by atoms with Crippen molar-refractivity contribution in [2.45, 2.75) is 19.5 Å². The van der Waals surface area contributed by atoms with Crippen LogP contribution in [0.5, 0.6) is 0 Å². The van der Waals surface area contributed by atoms with E-state index in [2.05, 4.69) is 10.4 Å². The highest BCUT2D eigenvalue weighted by molar-refractivity contribution is 5.85. The molecule has 1 rings (SSSR count). The molecule has 84 valence electrons. The smallest absolute Gasteiger partial charge is 0.356 e. The molecule has 0 radical (unpaired) electrons. The molecule has 0 aromatic carbocycles. The van der Waals surface area contributed by atoms with E-state index in [0.29, 0.717) is 12.2 Å². The van der Waals surface area contributed by atoms with Gasteiger partial charge in [-0.05, 0) is 13.0 Å². The minimum atomic E-state index is -1.06. The summed E-state index contributed by atoms with van der Waals surface area (Å²) >= 11 is 0. The van der Waals surface area contributed by atoms with Gasteiger partial charge in [-0.15, -0.1) is 0 Å².